The molecule has 2 aromatic carbocycles. The third-order valence-corrected chi connectivity index (χ3v) is 4.27. The number of hydrogen-bond acceptors (Lipinski definition) is 5. The van der Waals surface area contributed by atoms with Gasteiger partial charge in [-0.15, -0.1) is 11.8 Å². The Labute approximate surface area is 150 Å². The molecular formula is C19H19NO4S. The van der Waals surface area contributed by atoms with Crippen LogP contribution in [0.1, 0.15) is 34.1 Å². The van der Waals surface area contributed by atoms with E-state index >= 15 is 0 Å². The van der Waals surface area contributed by atoms with Gasteiger partial charge in [0.1, 0.15) is 0 Å². The lowest BCUT2D eigenvalue weighted by molar-refractivity contribution is -0.115. The van der Waals surface area contributed by atoms with Crippen molar-refractivity contribution in [1.29, 1.82) is 0 Å². The molecule has 0 aliphatic carbocycles. The lowest BCUT2D eigenvalue weighted by atomic mass is 10.1. The van der Waals surface area contributed by atoms with Crippen LogP contribution in [0.2, 0.25) is 0 Å². The second-order valence-electron chi connectivity index (χ2n) is 5.18. The first-order valence-electron chi connectivity index (χ1n) is 7.78. The van der Waals surface area contributed by atoms with Gasteiger partial charge in [0.2, 0.25) is 5.91 Å². The Balaban J connectivity index is 1.95. The van der Waals surface area contributed by atoms with Gasteiger partial charge in [-0.3, -0.25) is 9.59 Å². The molecule has 6 heteroatoms. The molecule has 0 heterocycles. The van der Waals surface area contributed by atoms with E-state index in [2.05, 4.69) is 5.32 Å². The number of hydrogen-bond donors (Lipinski definition) is 1. The molecule has 0 radical (unpaired) electrons. The minimum absolute atomic E-state index is 0.0968. The predicted octanol–water partition coefficient (Wildman–Crippen LogP) is 3.80. The van der Waals surface area contributed by atoms with Crippen LogP contribution in [0.4, 0.5) is 5.69 Å². The Morgan fingerprint density at radius 3 is 2.36 bits per heavy atom. The highest BCUT2D eigenvalue weighted by atomic mass is 32.2. The molecule has 25 heavy (non-hydrogen) atoms. The smallest absolute Gasteiger partial charge is 0.339 e. The fraction of sp³-hybridized carbons (Fsp3) is 0.211. The van der Waals surface area contributed by atoms with E-state index in [1.54, 1.807) is 43.3 Å². The minimum Gasteiger partial charge on any atom is -0.454 e. The quantitative estimate of drug-likeness (QED) is 0.464. The fourth-order valence-electron chi connectivity index (χ4n) is 2.09. The molecule has 5 nitrogen and oxygen atoms in total. The molecule has 2 aromatic rings. The van der Waals surface area contributed by atoms with Gasteiger partial charge in [0.05, 0.1) is 5.56 Å². The molecule has 130 valence electrons. The first-order chi connectivity index (χ1) is 12.0. The van der Waals surface area contributed by atoms with Gasteiger partial charge in [0, 0.05) is 22.6 Å². The average Bonchev–Trinajstić information content (AvgIpc) is 2.66. The number of ether oxygens (including phenoxy) is 1. The summed E-state index contributed by atoms with van der Waals surface area (Å²) in [5.41, 5.74) is 1.48. The van der Waals surface area contributed by atoms with Crippen molar-refractivity contribution in [1.82, 2.24) is 0 Å². The number of ketones is 1. The van der Waals surface area contributed by atoms with Crippen LogP contribution in [0.3, 0.4) is 0 Å². The molecule has 0 aliphatic heterocycles. The number of anilines is 1. The molecular weight excluding hydrogens is 338 g/mol. The second kappa shape index (κ2) is 9.03. The van der Waals surface area contributed by atoms with E-state index in [9.17, 15) is 14.4 Å². The van der Waals surface area contributed by atoms with Crippen molar-refractivity contribution in [2.45, 2.75) is 18.2 Å². The van der Waals surface area contributed by atoms with Crippen molar-refractivity contribution in [3.8, 4) is 0 Å². The van der Waals surface area contributed by atoms with Gasteiger partial charge in [-0.1, -0.05) is 19.1 Å². The lowest BCUT2D eigenvalue weighted by Gasteiger charge is -2.08. The Morgan fingerprint density at radius 2 is 1.72 bits per heavy atom. The number of esters is 1. The highest BCUT2D eigenvalue weighted by Crippen LogP contribution is 2.20. The SMILES string of the molecule is CCC(=O)Nc1ccc(C(=O)COC(=O)c2ccccc2SC)cc1. The molecule has 0 unspecified atom stereocenters. The van der Waals surface area contributed by atoms with E-state index in [1.165, 1.54) is 11.8 Å². The number of nitrogens with one attached hydrogen (secondary N) is 1. The zero-order valence-electron chi connectivity index (χ0n) is 14.1. The topological polar surface area (TPSA) is 72.5 Å². The second-order valence-corrected chi connectivity index (χ2v) is 6.03. The number of carbonyl (C=O) groups excluding carboxylic acids is 3. The summed E-state index contributed by atoms with van der Waals surface area (Å²) < 4.78 is 5.13. The summed E-state index contributed by atoms with van der Waals surface area (Å²) in [7, 11) is 0. The largest absolute Gasteiger partial charge is 0.454 e. The van der Waals surface area contributed by atoms with Gasteiger partial charge in [-0.25, -0.2) is 4.79 Å². The maximum Gasteiger partial charge on any atom is 0.339 e. The first kappa shape index (κ1) is 18.7. The highest BCUT2D eigenvalue weighted by molar-refractivity contribution is 7.98. The summed E-state index contributed by atoms with van der Waals surface area (Å²) in [6.45, 7) is 1.43. The van der Waals surface area contributed by atoms with Gasteiger partial charge in [0.25, 0.3) is 0 Å². The van der Waals surface area contributed by atoms with Crippen LogP contribution in [0.25, 0.3) is 0 Å². The number of amides is 1. The maximum absolute atomic E-state index is 12.2. The molecule has 0 spiro atoms. The standard InChI is InChI=1S/C19H19NO4S/c1-3-18(22)20-14-10-8-13(9-11-14)16(21)12-24-19(23)15-6-4-5-7-17(15)25-2/h4-11H,3,12H2,1-2H3,(H,20,22). The molecule has 1 amide bonds. The molecule has 2 rings (SSSR count). The monoisotopic (exact) mass is 357 g/mol. The molecule has 1 N–H and O–H groups in total. The van der Waals surface area contributed by atoms with Gasteiger partial charge in [-0.2, -0.15) is 0 Å². The summed E-state index contributed by atoms with van der Waals surface area (Å²) >= 11 is 1.44. The summed E-state index contributed by atoms with van der Waals surface area (Å²) in [5.74, 6) is -0.922. The molecule has 0 aromatic heterocycles. The van der Waals surface area contributed by atoms with Crippen LogP contribution in [0, 0.1) is 0 Å². The lowest BCUT2D eigenvalue weighted by Crippen LogP contribution is -2.15. The molecule has 0 fully saturated rings. The van der Waals surface area contributed by atoms with Crippen molar-refractivity contribution in [2.24, 2.45) is 0 Å². The van der Waals surface area contributed by atoms with Crippen molar-refractivity contribution in [2.75, 3.05) is 18.2 Å². The summed E-state index contributed by atoms with van der Waals surface area (Å²) in [6, 6.07) is 13.6. The number of thioether (sulfide) groups is 1. The molecule has 0 bridgehead atoms. The first-order valence-corrected chi connectivity index (χ1v) is 9.01. The van der Waals surface area contributed by atoms with Gasteiger partial charge in [0.15, 0.2) is 12.4 Å². The Morgan fingerprint density at radius 1 is 1.04 bits per heavy atom. The summed E-state index contributed by atoms with van der Waals surface area (Å²) in [6.07, 6.45) is 2.25. The predicted molar refractivity (Wildman–Crippen MR) is 98.2 cm³/mol. The number of Topliss-reactive ketones (excluding diaryl/α,β-unsaturated/α-hetero) is 1. The number of benzene rings is 2. The molecule has 0 atom stereocenters. The van der Waals surface area contributed by atoms with E-state index in [4.69, 9.17) is 4.74 Å². The van der Waals surface area contributed by atoms with Crippen LogP contribution in [0.15, 0.2) is 53.4 Å². The Kier molecular flexibility index (Phi) is 6.77. The fourth-order valence-corrected chi connectivity index (χ4v) is 2.68. The zero-order valence-corrected chi connectivity index (χ0v) is 14.9. The van der Waals surface area contributed by atoms with E-state index in [0.717, 1.165) is 4.90 Å². The highest BCUT2D eigenvalue weighted by Gasteiger charge is 2.14. The zero-order chi connectivity index (χ0) is 18.2. The molecule has 0 aliphatic rings. The van der Waals surface area contributed by atoms with Crippen molar-refractivity contribution in [3.05, 3.63) is 59.7 Å². The normalized spacial score (nSPS) is 10.2. The van der Waals surface area contributed by atoms with Gasteiger partial charge < -0.3 is 10.1 Å². The molecule has 0 saturated carbocycles. The van der Waals surface area contributed by atoms with Crippen LogP contribution in [0.5, 0.6) is 0 Å². The van der Waals surface area contributed by atoms with Crippen molar-refractivity contribution >= 4 is 35.1 Å². The van der Waals surface area contributed by atoms with Crippen molar-refractivity contribution in [3.63, 3.8) is 0 Å². The minimum atomic E-state index is -0.523. The Hall–Kier alpha value is -2.60. The number of rotatable bonds is 7. The van der Waals surface area contributed by atoms with E-state index < -0.39 is 5.97 Å². The van der Waals surface area contributed by atoms with E-state index in [-0.39, 0.29) is 18.3 Å². The van der Waals surface area contributed by atoms with Crippen molar-refractivity contribution < 1.29 is 19.1 Å². The van der Waals surface area contributed by atoms with Crippen LogP contribution < -0.4 is 5.32 Å². The Bertz CT molecular complexity index is 771. The van der Waals surface area contributed by atoms with Gasteiger partial charge >= 0.3 is 5.97 Å². The molecule has 0 saturated heterocycles. The summed E-state index contributed by atoms with van der Waals surface area (Å²) in [5, 5.41) is 2.70. The van der Waals surface area contributed by atoms with E-state index in [1.807, 2.05) is 18.4 Å². The van der Waals surface area contributed by atoms with Crippen LogP contribution >= 0.6 is 11.8 Å². The third kappa shape index (κ3) is 5.19. The maximum atomic E-state index is 12.2. The van der Waals surface area contributed by atoms with Crippen LogP contribution in [-0.2, 0) is 9.53 Å². The summed E-state index contributed by atoms with van der Waals surface area (Å²) in [4.78, 5) is 36.4. The van der Waals surface area contributed by atoms with E-state index in [0.29, 0.717) is 23.2 Å². The average molecular weight is 357 g/mol. The third-order valence-electron chi connectivity index (χ3n) is 3.47. The van der Waals surface area contributed by atoms with Gasteiger partial charge in [-0.05, 0) is 42.7 Å². The number of carbonyl (C=O) groups is 3. The van der Waals surface area contributed by atoms with Crippen LogP contribution in [-0.4, -0.2) is 30.5 Å².